The Balaban J connectivity index is 1.91. The Morgan fingerprint density at radius 3 is 2.67 bits per heavy atom. The van der Waals surface area contributed by atoms with Crippen molar-refractivity contribution in [2.75, 3.05) is 0 Å². The molecule has 0 saturated heterocycles. The number of hydrogen-bond acceptors (Lipinski definition) is 1. The summed E-state index contributed by atoms with van der Waals surface area (Å²) in [7, 11) is 0. The van der Waals surface area contributed by atoms with Gasteiger partial charge in [0.25, 0.3) is 0 Å². The van der Waals surface area contributed by atoms with Crippen molar-refractivity contribution in [1.82, 2.24) is 5.32 Å². The Labute approximate surface area is 111 Å². The van der Waals surface area contributed by atoms with Gasteiger partial charge in [-0.3, -0.25) is 4.79 Å². The summed E-state index contributed by atoms with van der Waals surface area (Å²) >= 11 is 0. The molecule has 0 aromatic rings. The molecule has 4 bridgehead atoms. The van der Waals surface area contributed by atoms with Crippen LogP contribution in [0.15, 0.2) is 0 Å². The fourth-order valence-corrected chi connectivity index (χ4v) is 6.08. The van der Waals surface area contributed by atoms with Gasteiger partial charge in [0.15, 0.2) is 0 Å². The average Bonchev–Trinajstić information content (AvgIpc) is 2.67. The van der Waals surface area contributed by atoms with Gasteiger partial charge in [-0.15, -0.1) is 0 Å². The summed E-state index contributed by atoms with van der Waals surface area (Å²) in [5.41, 5.74) is 0.548. The highest BCUT2D eigenvalue weighted by Gasteiger charge is 2.66. The summed E-state index contributed by atoms with van der Waals surface area (Å²) in [6.07, 6.45) is 6.16. The predicted molar refractivity (Wildman–Crippen MR) is 73.0 cm³/mol. The van der Waals surface area contributed by atoms with Gasteiger partial charge in [-0.2, -0.15) is 0 Å². The van der Waals surface area contributed by atoms with Gasteiger partial charge in [0.1, 0.15) is 0 Å². The summed E-state index contributed by atoms with van der Waals surface area (Å²) in [6.45, 7) is 9.57. The van der Waals surface area contributed by atoms with Gasteiger partial charge in [-0.05, 0) is 67.6 Å². The number of hydrogen-bond donors (Lipinski definition) is 1. The molecule has 3 aliphatic carbocycles. The maximum atomic E-state index is 10.9. The third kappa shape index (κ3) is 1.38. The molecule has 18 heavy (non-hydrogen) atoms. The summed E-state index contributed by atoms with van der Waals surface area (Å²) in [4.78, 5) is 10.9. The van der Waals surface area contributed by atoms with Crippen LogP contribution in [0.25, 0.3) is 0 Å². The van der Waals surface area contributed by atoms with Gasteiger partial charge in [-0.1, -0.05) is 20.8 Å². The molecule has 2 heteroatoms. The van der Waals surface area contributed by atoms with Crippen LogP contribution in [-0.2, 0) is 4.79 Å². The summed E-state index contributed by atoms with van der Waals surface area (Å²) in [6, 6.07) is 0. The first-order chi connectivity index (χ1) is 8.42. The topological polar surface area (TPSA) is 29.1 Å². The van der Waals surface area contributed by atoms with Crippen molar-refractivity contribution < 1.29 is 4.79 Å². The molecule has 0 aromatic heterocycles. The van der Waals surface area contributed by atoms with Crippen LogP contribution >= 0.6 is 0 Å². The Hall–Kier alpha value is -0.530. The normalized spacial score (nSPS) is 53.8. The van der Waals surface area contributed by atoms with Crippen LogP contribution in [0.5, 0.6) is 0 Å². The average molecular weight is 249 g/mol. The van der Waals surface area contributed by atoms with E-state index in [1.807, 2.05) is 0 Å². The molecule has 0 aromatic carbocycles. The fraction of sp³-hybridized carbons (Fsp3) is 0.938. The van der Waals surface area contributed by atoms with Crippen molar-refractivity contribution in [3.63, 3.8) is 0 Å². The standard InChI is InChI=1S/C16H27NO/c1-10(2)12-8-15(3)13-5-6-16(4,17-9-18)14(15)7-11(12)13/h9-14H,5-8H2,1-4H3,(H,17,18)/t11-,12?,13?,14?,15+,16+/m1/s1. The Bertz CT molecular complexity index is 366. The summed E-state index contributed by atoms with van der Waals surface area (Å²) < 4.78 is 0. The van der Waals surface area contributed by atoms with Crippen LogP contribution in [0.3, 0.4) is 0 Å². The van der Waals surface area contributed by atoms with Crippen LogP contribution in [0.1, 0.15) is 53.4 Å². The number of nitrogens with one attached hydrogen (secondary N) is 1. The Kier molecular flexibility index (Phi) is 2.60. The summed E-state index contributed by atoms with van der Waals surface area (Å²) in [5, 5.41) is 3.16. The Morgan fingerprint density at radius 1 is 1.33 bits per heavy atom. The second kappa shape index (κ2) is 3.74. The fourth-order valence-electron chi connectivity index (χ4n) is 6.08. The minimum atomic E-state index is 0.0592. The van der Waals surface area contributed by atoms with Crippen LogP contribution in [-0.4, -0.2) is 11.9 Å². The second-order valence-corrected chi connectivity index (χ2v) is 7.89. The van der Waals surface area contributed by atoms with E-state index in [0.29, 0.717) is 11.3 Å². The molecule has 3 unspecified atom stereocenters. The van der Waals surface area contributed by atoms with E-state index in [4.69, 9.17) is 0 Å². The summed E-state index contributed by atoms with van der Waals surface area (Å²) in [5.74, 6) is 4.30. The molecule has 3 rings (SSSR count). The predicted octanol–water partition coefficient (Wildman–Crippen LogP) is 3.22. The van der Waals surface area contributed by atoms with Crippen LogP contribution in [0.4, 0.5) is 0 Å². The van der Waals surface area contributed by atoms with Crippen LogP contribution in [0, 0.1) is 35.0 Å². The molecule has 1 N–H and O–H groups in total. The molecule has 0 spiro atoms. The van der Waals surface area contributed by atoms with Crippen LogP contribution in [0.2, 0.25) is 0 Å². The minimum Gasteiger partial charge on any atom is -0.353 e. The largest absolute Gasteiger partial charge is 0.353 e. The molecule has 6 atom stereocenters. The van der Waals surface area contributed by atoms with Crippen molar-refractivity contribution in [3.8, 4) is 0 Å². The lowest BCUT2D eigenvalue weighted by molar-refractivity contribution is -0.113. The first-order valence-electron chi connectivity index (χ1n) is 7.64. The third-order valence-corrected chi connectivity index (χ3v) is 6.88. The Morgan fingerprint density at radius 2 is 2.06 bits per heavy atom. The SMILES string of the molecule is CC(C)C1C[C@@]2(C)C3CC[C@](C)(NC=O)C2C[C@H]13. The van der Waals surface area contributed by atoms with Crippen molar-refractivity contribution >= 4 is 6.41 Å². The van der Waals surface area contributed by atoms with Crippen LogP contribution < -0.4 is 5.32 Å². The lowest BCUT2D eigenvalue weighted by Gasteiger charge is -2.50. The van der Waals surface area contributed by atoms with E-state index in [1.54, 1.807) is 0 Å². The zero-order valence-electron chi connectivity index (χ0n) is 12.2. The highest BCUT2D eigenvalue weighted by Crippen LogP contribution is 2.71. The molecule has 3 aliphatic rings. The van der Waals surface area contributed by atoms with Gasteiger partial charge < -0.3 is 5.32 Å². The number of carbonyl (C=O) groups excluding carboxylic acids is 1. The maximum Gasteiger partial charge on any atom is 0.207 e. The number of rotatable bonds is 3. The minimum absolute atomic E-state index is 0.0592. The molecule has 2 nitrogen and oxygen atoms in total. The molecule has 3 saturated carbocycles. The van der Waals surface area contributed by atoms with E-state index in [-0.39, 0.29) is 5.54 Å². The molecular weight excluding hydrogens is 222 g/mol. The first kappa shape index (κ1) is 12.5. The zero-order chi connectivity index (χ0) is 13.1. The molecule has 3 fully saturated rings. The van der Waals surface area contributed by atoms with E-state index in [2.05, 4.69) is 33.0 Å². The zero-order valence-corrected chi connectivity index (χ0v) is 12.2. The van der Waals surface area contributed by atoms with E-state index < -0.39 is 0 Å². The number of amides is 1. The molecular formula is C16H27NO. The lowest BCUT2D eigenvalue weighted by atomic mass is 9.58. The maximum absolute atomic E-state index is 10.9. The van der Waals surface area contributed by atoms with Gasteiger partial charge in [-0.25, -0.2) is 0 Å². The highest BCUT2D eigenvalue weighted by atomic mass is 16.1. The third-order valence-electron chi connectivity index (χ3n) is 6.88. The van der Waals surface area contributed by atoms with E-state index in [9.17, 15) is 4.79 Å². The lowest BCUT2D eigenvalue weighted by Crippen LogP contribution is -2.56. The number of carbonyl (C=O) groups is 1. The molecule has 1 amide bonds. The second-order valence-electron chi connectivity index (χ2n) is 7.89. The van der Waals surface area contributed by atoms with Gasteiger partial charge in [0.2, 0.25) is 6.41 Å². The molecule has 0 radical (unpaired) electrons. The van der Waals surface area contributed by atoms with Crippen molar-refractivity contribution in [1.29, 1.82) is 0 Å². The molecule has 0 heterocycles. The quantitative estimate of drug-likeness (QED) is 0.765. The molecule has 102 valence electrons. The van der Waals surface area contributed by atoms with E-state index in [0.717, 1.165) is 30.1 Å². The van der Waals surface area contributed by atoms with Crippen molar-refractivity contribution in [2.45, 2.75) is 58.9 Å². The van der Waals surface area contributed by atoms with Crippen molar-refractivity contribution in [3.05, 3.63) is 0 Å². The highest BCUT2D eigenvalue weighted by molar-refractivity contribution is 5.48. The smallest absolute Gasteiger partial charge is 0.207 e. The molecule has 0 aliphatic heterocycles. The van der Waals surface area contributed by atoms with E-state index in [1.165, 1.54) is 25.7 Å². The van der Waals surface area contributed by atoms with Crippen molar-refractivity contribution in [2.24, 2.45) is 35.0 Å². The monoisotopic (exact) mass is 249 g/mol. The first-order valence-corrected chi connectivity index (χ1v) is 7.64. The van der Waals surface area contributed by atoms with Gasteiger partial charge in [0, 0.05) is 5.54 Å². The van der Waals surface area contributed by atoms with Gasteiger partial charge in [0.05, 0.1) is 0 Å². The van der Waals surface area contributed by atoms with E-state index >= 15 is 0 Å². The van der Waals surface area contributed by atoms with Gasteiger partial charge >= 0.3 is 0 Å².